The Labute approximate surface area is 120 Å². The lowest BCUT2D eigenvalue weighted by Crippen LogP contribution is -2.42. The van der Waals surface area contributed by atoms with Crippen molar-refractivity contribution in [1.29, 1.82) is 0 Å². The molecule has 2 rings (SSSR count). The molecular formula is C15H25NO4. The number of esters is 1. The van der Waals surface area contributed by atoms with Crippen molar-refractivity contribution in [2.24, 2.45) is 11.3 Å². The molecule has 114 valence electrons. The summed E-state index contributed by atoms with van der Waals surface area (Å²) in [6.07, 6.45) is 2.91. The fraction of sp³-hybridized carbons (Fsp3) is 0.867. The maximum absolute atomic E-state index is 12.1. The summed E-state index contributed by atoms with van der Waals surface area (Å²) in [6.45, 7) is 7.57. The zero-order valence-corrected chi connectivity index (χ0v) is 12.9. The molecule has 0 aromatic heterocycles. The Morgan fingerprint density at radius 3 is 2.80 bits per heavy atom. The lowest BCUT2D eigenvalue weighted by atomic mass is 9.78. The smallest absolute Gasteiger partial charge is 0.410 e. The Bertz CT molecular complexity index is 401. The minimum absolute atomic E-state index is 0.0426. The van der Waals surface area contributed by atoms with Gasteiger partial charge in [0, 0.05) is 13.0 Å². The molecule has 0 radical (unpaired) electrons. The predicted octanol–water partition coefficient (Wildman–Crippen LogP) is 2.59. The first-order valence-electron chi connectivity index (χ1n) is 7.30. The molecule has 2 atom stereocenters. The van der Waals surface area contributed by atoms with Crippen LogP contribution in [0.2, 0.25) is 0 Å². The summed E-state index contributed by atoms with van der Waals surface area (Å²) in [5.74, 6) is -0.328. The Hall–Kier alpha value is -1.26. The lowest BCUT2D eigenvalue weighted by Gasteiger charge is -2.35. The van der Waals surface area contributed by atoms with Crippen LogP contribution in [0.4, 0.5) is 4.79 Å². The summed E-state index contributed by atoms with van der Waals surface area (Å²) in [4.78, 5) is 25.6. The zero-order chi connectivity index (χ0) is 15.0. The van der Waals surface area contributed by atoms with Crippen molar-refractivity contribution in [3.8, 4) is 0 Å². The molecule has 0 N–H and O–H groups in total. The highest BCUT2D eigenvalue weighted by molar-refractivity contribution is 5.74. The van der Waals surface area contributed by atoms with Crippen LogP contribution in [0.3, 0.4) is 0 Å². The molecule has 1 saturated carbocycles. The first-order valence-corrected chi connectivity index (χ1v) is 7.30. The molecule has 1 heterocycles. The quantitative estimate of drug-likeness (QED) is 0.731. The largest absolute Gasteiger partial charge is 0.469 e. The van der Waals surface area contributed by atoms with Gasteiger partial charge >= 0.3 is 12.1 Å². The second-order valence-electron chi connectivity index (χ2n) is 7.28. The Kier molecular flexibility index (Phi) is 3.98. The first-order chi connectivity index (χ1) is 9.25. The van der Waals surface area contributed by atoms with Crippen LogP contribution in [-0.2, 0) is 14.3 Å². The summed E-state index contributed by atoms with van der Waals surface area (Å²) in [7, 11) is 1.41. The van der Waals surface area contributed by atoms with E-state index in [1.165, 1.54) is 7.11 Å². The second kappa shape index (κ2) is 5.26. The molecule has 0 aromatic carbocycles. The number of nitrogens with zero attached hydrogens (tertiary/aromatic N) is 1. The molecule has 0 unspecified atom stereocenters. The van der Waals surface area contributed by atoms with Crippen LogP contribution in [0.15, 0.2) is 0 Å². The van der Waals surface area contributed by atoms with Crippen molar-refractivity contribution in [3.05, 3.63) is 0 Å². The molecule has 5 heteroatoms. The average molecular weight is 283 g/mol. The average Bonchev–Trinajstić information content (AvgIpc) is 2.62. The minimum Gasteiger partial charge on any atom is -0.469 e. The predicted molar refractivity (Wildman–Crippen MR) is 74.2 cm³/mol. The highest BCUT2D eigenvalue weighted by atomic mass is 16.6. The fourth-order valence-electron chi connectivity index (χ4n) is 3.32. The normalized spacial score (nSPS) is 30.5. The van der Waals surface area contributed by atoms with Gasteiger partial charge in [-0.05, 0) is 24.7 Å². The molecule has 1 aliphatic carbocycles. The molecule has 1 saturated heterocycles. The molecule has 5 nitrogen and oxygen atoms in total. The standard InChI is InChI=1S/C15H25NO4/c1-14(2,3)9-16-10-15(20-13(16)18)7-5-6-11(8-15)12(17)19-4/h11H,5-10H2,1-4H3/t11-,15-/m0/s1. The Morgan fingerprint density at radius 1 is 1.50 bits per heavy atom. The van der Waals surface area contributed by atoms with E-state index in [1.54, 1.807) is 4.90 Å². The van der Waals surface area contributed by atoms with E-state index in [4.69, 9.17) is 9.47 Å². The third-order valence-electron chi connectivity index (χ3n) is 4.04. The fourth-order valence-corrected chi connectivity index (χ4v) is 3.32. The summed E-state index contributed by atoms with van der Waals surface area (Å²) >= 11 is 0. The highest BCUT2D eigenvalue weighted by Gasteiger charge is 2.49. The second-order valence-corrected chi connectivity index (χ2v) is 7.28. The van der Waals surface area contributed by atoms with E-state index in [9.17, 15) is 9.59 Å². The van der Waals surface area contributed by atoms with Crippen molar-refractivity contribution < 1.29 is 19.1 Å². The van der Waals surface area contributed by atoms with E-state index >= 15 is 0 Å². The van der Waals surface area contributed by atoms with Crippen molar-refractivity contribution in [3.63, 3.8) is 0 Å². The third kappa shape index (κ3) is 3.25. The number of hydrogen-bond acceptors (Lipinski definition) is 4. The van der Waals surface area contributed by atoms with Crippen molar-refractivity contribution in [1.82, 2.24) is 4.90 Å². The molecule has 1 spiro atoms. The van der Waals surface area contributed by atoms with Gasteiger partial charge in [0.15, 0.2) is 0 Å². The van der Waals surface area contributed by atoms with Gasteiger partial charge in [-0.3, -0.25) is 4.79 Å². The number of carbonyl (C=O) groups is 2. The first kappa shape index (κ1) is 15.1. The summed E-state index contributed by atoms with van der Waals surface area (Å²) in [6, 6.07) is 0. The van der Waals surface area contributed by atoms with Crippen LogP contribution >= 0.6 is 0 Å². The maximum atomic E-state index is 12.1. The van der Waals surface area contributed by atoms with Crippen LogP contribution in [-0.4, -0.2) is 42.8 Å². The maximum Gasteiger partial charge on any atom is 0.410 e. The van der Waals surface area contributed by atoms with Crippen molar-refractivity contribution >= 4 is 12.1 Å². The van der Waals surface area contributed by atoms with E-state index in [-0.39, 0.29) is 23.4 Å². The zero-order valence-electron chi connectivity index (χ0n) is 12.9. The van der Waals surface area contributed by atoms with Crippen LogP contribution in [0.1, 0.15) is 46.5 Å². The molecule has 1 amide bonds. The number of hydrogen-bond donors (Lipinski definition) is 0. The summed E-state index contributed by atoms with van der Waals surface area (Å²) < 4.78 is 10.5. The van der Waals surface area contributed by atoms with Crippen LogP contribution in [0.25, 0.3) is 0 Å². The van der Waals surface area contributed by atoms with Gasteiger partial charge in [0.1, 0.15) is 5.60 Å². The SMILES string of the molecule is COC(=O)[C@H]1CCC[C@]2(C1)CN(CC(C)(C)C)C(=O)O2. The van der Waals surface area contributed by atoms with E-state index < -0.39 is 5.60 Å². The van der Waals surface area contributed by atoms with E-state index in [0.29, 0.717) is 19.5 Å². The van der Waals surface area contributed by atoms with E-state index in [2.05, 4.69) is 20.8 Å². The lowest BCUT2D eigenvalue weighted by molar-refractivity contribution is -0.149. The van der Waals surface area contributed by atoms with Gasteiger partial charge in [0.05, 0.1) is 19.6 Å². The van der Waals surface area contributed by atoms with Gasteiger partial charge in [0.2, 0.25) is 0 Å². The van der Waals surface area contributed by atoms with Crippen LogP contribution in [0, 0.1) is 11.3 Å². The van der Waals surface area contributed by atoms with Gasteiger partial charge in [-0.25, -0.2) is 4.79 Å². The van der Waals surface area contributed by atoms with Crippen LogP contribution < -0.4 is 0 Å². The van der Waals surface area contributed by atoms with Crippen molar-refractivity contribution in [2.75, 3.05) is 20.2 Å². The third-order valence-corrected chi connectivity index (χ3v) is 4.04. The van der Waals surface area contributed by atoms with E-state index in [0.717, 1.165) is 19.3 Å². The molecule has 1 aliphatic heterocycles. The minimum atomic E-state index is -0.487. The van der Waals surface area contributed by atoms with Crippen LogP contribution in [0.5, 0.6) is 0 Å². The molecule has 0 aromatic rings. The topological polar surface area (TPSA) is 55.8 Å². The van der Waals surface area contributed by atoms with Gasteiger partial charge in [-0.15, -0.1) is 0 Å². The number of carbonyl (C=O) groups excluding carboxylic acids is 2. The van der Waals surface area contributed by atoms with Crippen molar-refractivity contribution in [2.45, 2.75) is 52.1 Å². The molecular weight excluding hydrogens is 258 g/mol. The number of rotatable bonds is 2. The summed E-state index contributed by atoms with van der Waals surface area (Å²) in [5.41, 5.74) is -0.444. The number of ether oxygens (including phenoxy) is 2. The molecule has 20 heavy (non-hydrogen) atoms. The van der Waals surface area contributed by atoms with E-state index in [1.807, 2.05) is 0 Å². The number of amides is 1. The van der Waals surface area contributed by atoms with Gasteiger partial charge in [0.25, 0.3) is 0 Å². The molecule has 0 bridgehead atoms. The molecule has 2 fully saturated rings. The highest BCUT2D eigenvalue weighted by Crippen LogP contribution is 2.40. The molecule has 2 aliphatic rings. The monoisotopic (exact) mass is 283 g/mol. The number of methoxy groups -OCH3 is 1. The summed E-state index contributed by atoms with van der Waals surface area (Å²) in [5, 5.41) is 0. The Morgan fingerprint density at radius 2 is 2.20 bits per heavy atom. The van der Waals surface area contributed by atoms with Gasteiger partial charge in [-0.1, -0.05) is 20.8 Å². The van der Waals surface area contributed by atoms with Gasteiger partial charge < -0.3 is 14.4 Å². The van der Waals surface area contributed by atoms with Gasteiger partial charge in [-0.2, -0.15) is 0 Å². The Balaban J connectivity index is 2.05.